The van der Waals surface area contributed by atoms with Crippen molar-refractivity contribution in [1.82, 2.24) is 5.32 Å². The molecular weight excluding hydrogens is 290 g/mol. The number of carbonyl (C=O) groups is 1. The molecule has 0 aliphatic heterocycles. The van der Waals surface area contributed by atoms with Crippen LogP contribution in [0.5, 0.6) is 0 Å². The monoisotopic (exact) mass is 309 g/mol. The summed E-state index contributed by atoms with van der Waals surface area (Å²) in [6.45, 7) is 5.20. The summed E-state index contributed by atoms with van der Waals surface area (Å²) in [5.74, 6) is -0.253. The Kier molecular flexibility index (Phi) is 5.34. The van der Waals surface area contributed by atoms with E-state index in [1.54, 1.807) is 22.7 Å². The predicted octanol–water partition coefficient (Wildman–Crippen LogP) is 3.92. The largest absolute Gasteiger partial charge is 0.481 e. The van der Waals surface area contributed by atoms with E-state index in [2.05, 4.69) is 36.7 Å². The number of aliphatic carboxylic acids is 1. The van der Waals surface area contributed by atoms with Crippen LogP contribution in [0.15, 0.2) is 29.6 Å². The Balaban J connectivity index is 1.96. The van der Waals surface area contributed by atoms with Crippen LogP contribution in [-0.4, -0.2) is 11.1 Å². The highest BCUT2D eigenvalue weighted by molar-refractivity contribution is 7.12. The van der Waals surface area contributed by atoms with Gasteiger partial charge in [-0.25, -0.2) is 0 Å². The average molecular weight is 309 g/mol. The molecule has 0 amide bonds. The van der Waals surface area contributed by atoms with Gasteiger partial charge in [0.2, 0.25) is 0 Å². The van der Waals surface area contributed by atoms with E-state index in [-0.39, 0.29) is 6.42 Å². The summed E-state index contributed by atoms with van der Waals surface area (Å²) >= 11 is 3.34. The molecule has 2 aromatic rings. The quantitative estimate of drug-likeness (QED) is 0.815. The van der Waals surface area contributed by atoms with Gasteiger partial charge in [0.1, 0.15) is 0 Å². The van der Waals surface area contributed by atoms with Gasteiger partial charge in [-0.05, 0) is 29.5 Å². The molecule has 0 bridgehead atoms. The van der Waals surface area contributed by atoms with Crippen LogP contribution in [0.2, 0.25) is 0 Å². The van der Waals surface area contributed by atoms with Crippen LogP contribution in [0.25, 0.3) is 0 Å². The van der Waals surface area contributed by atoms with Crippen molar-refractivity contribution >= 4 is 28.6 Å². The minimum Gasteiger partial charge on any atom is -0.481 e. The number of rotatable bonds is 7. The van der Waals surface area contributed by atoms with Gasteiger partial charge in [-0.2, -0.15) is 0 Å². The Morgan fingerprint density at radius 1 is 1.30 bits per heavy atom. The van der Waals surface area contributed by atoms with Gasteiger partial charge in [0.25, 0.3) is 0 Å². The van der Waals surface area contributed by atoms with Crippen molar-refractivity contribution in [2.75, 3.05) is 0 Å². The van der Waals surface area contributed by atoms with E-state index in [1.807, 2.05) is 12.1 Å². The van der Waals surface area contributed by atoms with Crippen molar-refractivity contribution in [2.24, 2.45) is 5.92 Å². The van der Waals surface area contributed by atoms with Gasteiger partial charge in [-0.15, -0.1) is 22.7 Å². The second-order valence-corrected chi connectivity index (χ2v) is 7.29. The van der Waals surface area contributed by atoms with Gasteiger partial charge in [0, 0.05) is 27.2 Å². The number of thiophene rings is 2. The molecule has 0 spiro atoms. The molecule has 0 fully saturated rings. The number of hydrogen-bond acceptors (Lipinski definition) is 4. The minimum atomic E-state index is -0.773. The lowest BCUT2D eigenvalue weighted by molar-refractivity contribution is -0.136. The summed E-state index contributed by atoms with van der Waals surface area (Å²) < 4.78 is 0. The highest BCUT2D eigenvalue weighted by Crippen LogP contribution is 2.27. The van der Waals surface area contributed by atoms with E-state index in [4.69, 9.17) is 5.11 Å². The Bertz CT molecular complexity index is 546. The number of nitrogens with one attached hydrogen (secondary N) is 1. The van der Waals surface area contributed by atoms with Gasteiger partial charge in [-0.1, -0.05) is 19.9 Å². The van der Waals surface area contributed by atoms with Gasteiger partial charge >= 0.3 is 5.97 Å². The van der Waals surface area contributed by atoms with Gasteiger partial charge in [-0.3, -0.25) is 4.79 Å². The maximum absolute atomic E-state index is 10.7. The first kappa shape index (κ1) is 15.2. The van der Waals surface area contributed by atoms with Crippen LogP contribution < -0.4 is 5.32 Å². The van der Waals surface area contributed by atoms with E-state index < -0.39 is 5.97 Å². The summed E-state index contributed by atoms with van der Waals surface area (Å²) in [4.78, 5) is 14.1. The third-order valence-electron chi connectivity index (χ3n) is 3.06. The average Bonchev–Trinajstić information content (AvgIpc) is 3.00. The molecule has 0 radical (unpaired) electrons. The third kappa shape index (κ3) is 4.16. The SMILES string of the molecule is CC(C)C(NCc1ccc(CC(=O)O)s1)c1cccs1. The standard InChI is InChI=1S/C15H19NO2S2/c1-10(2)15(13-4-3-7-19-13)16-9-12-6-5-11(20-12)8-14(17)18/h3-7,10,15-16H,8-9H2,1-2H3,(H,17,18). The second kappa shape index (κ2) is 7.02. The fourth-order valence-electron chi connectivity index (χ4n) is 2.10. The van der Waals surface area contributed by atoms with Crippen LogP contribution in [0.3, 0.4) is 0 Å². The molecule has 0 saturated carbocycles. The first-order valence-electron chi connectivity index (χ1n) is 6.62. The molecule has 0 aliphatic carbocycles. The summed E-state index contributed by atoms with van der Waals surface area (Å²) in [6, 6.07) is 8.51. The molecule has 1 unspecified atom stereocenters. The normalized spacial score (nSPS) is 12.8. The highest BCUT2D eigenvalue weighted by atomic mass is 32.1. The van der Waals surface area contributed by atoms with E-state index >= 15 is 0 Å². The zero-order chi connectivity index (χ0) is 14.5. The van der Waals surface area contributed by atoms with Crippen LogP contribution >= 0.6 is 22.7 Å². The zero-order valence-corrected chi connectivity index (χ0v) is 13.3. The van der Waals surface area contributed by atoms with E-state index in [9.17, 15) is 4.79 Å². The highest BCUT2D eigenvalue weighted by Gasteiger charge is 2.16. The van der Waals surface area contributed by atoms with Crippen molar-refractivity contribution < 1.29 is 9.90 Å². The molecule has 3 nitrogen and oxygen atoms in total. The fourth-order valence-corrected chi connectivity index (χ4v) is 4.04. The number of carboxylic acid groups (broad SMARTS) is 1. The Hall–Kier alpha value is -1.17. The molecule has 2 N–H and O–H groups in total. The third-order valence-corrected chi connectivity index (χ3v) is 5.10. The van der Waals surface area contributed by atoms with E-state index in [0.717, 1.165) is 11.4 Å². The lowest BCUT2D eigenvalue weighted by Gasteiger charge is -2.20. The second-order valence-electron chi connectivity index (χ2n) is 5.06. The first-order chi connectivity index (χ1) is 9.56. The maximum atomic E-state index is 10.7. The van der Waals surface area contributed by atoms with Crippen molar-refractivity contribution in [2.45, 2.75) is 32.9 Å². The first-order valence-corrected chi connectivity index (χ1v) is 8.32. The molecule has 2 rings (SSSR count). The van der Waals surface area contributed by atoms with Crippen LogP contribution in [0.4, 0.5) is 0 Å². The zero-order valence-electron chi connectivity index (χ0n) is 11.6. The molecule has 5 heteroatoms. The van der Waals surface area contributed by atoms with Crippen LogP contribution in [-0.2, 0) is 17.8 Å². The van der Waals surface area contributed by atoms with Gasteiger partial charge < -0.3 is 10.4 Å². The lowest BCUT2D eigenvalue weighted by Crippen LogP contribution is -2.24. The summed E-state index contributed by atoms with van der Waals surface area (Å²) in [5.41, 5.74) is 0. The van der Waals surface area contributed by atoms with Crippen molar-refractivity contribution in [3.63, 3.8) is 0 Å². The fraction of sp³-hybridized carbons (Fsp3) is 0.400. The summed E-state index contributed by atoms with van der Waals surface area (Å²) in [6.07, 6.45) is 0.114. The minimum absolute atomic E-state index is 0.114. The Labute approximate surface area is 127 Å². The topological polar surface area (TPSA) is 49.3 Å². The predicted molar refractivity (Wildman–Crippen MR) is 84.4 cm³/mol. The Morgan fingerprint density at radius 3 is 2.65 bits per heavy atom. The van der Waals surface area contributed by atoms with Gasteiger partial charge in [0.05, 0.1) is 6.42 Å². The molecule has 2 heterocycles. The summed E-state index contributed by atoms with van der Waals surface area (Å²) in [5, 5.41) is 14.5. The van der Waals surface area contributed by atoms with E-state index in [1.165, 1.54) is 9.75 Å². The summed E-state index contributed by atoms with van der Waals surface area (Å²) in [7, 11) is 0. The van der Waals surface area contributed by atoms with E-state index in [0.29, 0.717) is 12.0 Å². The molecular formula is C15H19NO2S2. The van der Waals surface area contributed by atoms with Gasteiger partial charge in [0.15, 0.2) is 0 Å². The number of carboxylic acids is 1. The molecule has 108 valence electrons. The van der Waals surface area contributed by atoms with Crippen LogP contribution in [0, 0.1) is 5.92 Å². The molecule has 0 aliphatic rings. The molecule has 2 aromatic heterocycles. The Morgan fingerprint density at radius 2 is 2.05 bits per heavy atom. The van der Waals surface area contributed by atoms with Crippen LogP contribution in [0.1, 0.15) is 34.5 Å². The molecule has 0 aromatic carbocycles. The maximum Gasteiger partial charge on any atom is 0.308 e. The molecule has 20 heavy (non-hydrogen) atoms. The van der Waals surface area contributed by atoms with Crippen molar-refractivity contribution in [3.05, 3.63) is 44.3 Å². The van der Waals surface area contributed by atoms with Crippen molar-refractivity contribution in [3.8, 4) is 0 Å². The molecule has 1 atom stereocenters. The van der Waals surface area contributed by atoms with Crippen molar-refractivity contribution in [1.29, 1.82) is 0 Å². The molecule has 0 saturated heterocycles. The number of hydrogen-bond donors (Lipinski definition) is 2. The lowest BCUT2D eigenvalue weighted by atomic mass is 10.0. The smallest absolute Gasteiger partial charge is 0.308 e.